The molecule has 4 nitrogen and oxygen atoms in total. The highest BCUT2D eigenvalue weighted by molar-refractivity contribution is 6.01. The summed E-state index contributed by atoms with van der Waals surface area (Å²) in [6.07, 6.45) is 4.72. The number of Topliss-reactive ketones (excluding diaryl/α,β-unsaturated/α-hetero) is 1. The van der Waals surface area contributed by atoms with E-state index in [1.165, 1.54) is 19.3 Å². The molecule has 0 heterocycles. The monoisotopic (exact) mass is 290 g/mol. The summed E-state index contributed by atoms with van der Waals surface area (Å²) in [6.45, 7) is 0. The maximum atomic E-state index is 12.9. The zero-order valence-corrected chi connectivity index (χ0v) is 12.8. The lowest BCUT2D eigenvalue weighted by atomic mass is 9.83. The van der Waals surface area contributed by atoms with Crippen molar-refractivity contribution in [3.63, 3.8) is 0 Å². The average Bonchev–Trinajstić information content (AvgIpc) is 3.15. The van der Waals surface area contributed by atoms with E-state index in [0.717, 1.165) is 12.3 Å². The van der Waals surface area contributed by atoms with Crippen LogP contribution in [0.15, 0.2) is 12.1 Å². The largest absolute Gasteiger partial charge is 0.493 e. The summed E-state index contributed by atoms with van der Waals surface area (Å²) in [5, 5.41) is 0. The molecule has 0 spiro atoms. The van der Waals surface area contributed by atoms with Crippen molar-refractivity contribution in [2.75, 3.05) is 21.3 Å². The van der Waals surface area contributed by atoms with Crippen LogP contribution in [0.25, 0.3) is 0 Å². The normalized spacial score (nSPS) is 26.7. The van der Waals surface area contributed by atoms with Gasteiger partial charge in [0, 0.05) is 5.92 Å². The molecule has 0 N–H and O–H groups in total. The predicted octanol–water partition coefficient (Wildman–Crippen LogP) is 3.33. The Hall–Kier alpha value is -1.71. The number of fused-ring (bicyclic) bond motifs is 2. The summed E-state index contributed by atoms with van der Waals surface area (Å²) in [5.74, 6) is 3.21. The number of ketones is 1. The van der Waals surface area contributed by atoms with Gasteiger partial charge in [-0.1, -0.05) is 6.42 Å². The van der Waals surface area contributed by atoms with E-state index >= 15 is 0 Å². The Kier molecular flexibility index (Phi) is 3.79. The van der Waals surface area contributed by atoms with Crippen LogP contribution in [0.3, 0.4) is 0 Å². The number of hydrogen-bond acceptors (Lipinski definition) is 4. The maximum absolute atomic E-state index is 12.9. The van der Waals surface area contributed by atoms with Crippen LogP contribution < -0.4 is 14.2 Å². The van der Waals surface area contributed by atoms with E-state index in [4.69, 9.17) is 14.2 Å². The molecule has 114 valence electrons. The molecule has 4 heteroatoms. The van der Waals surface area contributed by atoms with E-state index in [1.807, 2.05) is 0 Å². The summed E-state index contributed by atoms with van der Waals surface area (Å²) in [7, 11) is 4.70. The van der Waals surface area contributed by atoms with Gasteiger partial charge >= 0.3 is 0 Å². The Morgan fingerprint density at radius 3 is 2.29 bits per heavy atom. The number of hydrogen-bond donors (Lipinski definition) is 0. The molecule has 2 aliphatic rings. The van der Waals surface area contributed by atoms with Gasteiger partial charge in [-0.05, 0) is 43.2 Å². The molecule has 1 aromatic rings. The number of rotatable bonds is 5. The second-order valence-corrected chi connectivity index (χ2v) is 6.03. The third kappa shape index (κ3) is 2.27. The molecular weight excluding hydrogens is 268 g/mol. The number of methoxy groups -OCH3 is 3. The Balaban J connectivity index is 1.96. The molecule has 0 radical (unpaired) electrons. The first-order valence-corrected chi connectivity index (χ1v) is 7.52. The molecule has 1 aromatic carbocycles. The zero-order chi connectivity index (χ0) is 15.0. The smallest absolute Gasteiger partial charge is 0.204 e. The lowest BCUT2D eigenvalue weighted by Crippen LogP contribution is -2.21. The van der Waals surface area contributed by atoms with Crippen LogP contribution in [0.1, 0.15) is 36.0 Å². The fraction of sp³-hybridized carbons (Fsp3) is 0.588. The van der Waals surface area contributed by atoms with Gasteiger partial charge in [-0.3, -0.25) is 4.79 Å². The van der Waals surface area contributed by atoms with Gasteiger partial charge in [0.1, 0.15) is 0 Å². The molecule has 0 saturated heterocycles. The molecular formula is C17H22O4. The minimum Gasteiger partial charge on any atom is -0.493 e. The van der Waals surface area contributed by atoms with Gasteiger partial charge in [0.15, 0.2) is 17.3 Å². The topological polar surface area (TPSA) is 44.8 Å². The first-order valence-electron chi connectivity index (χ1n) is 7.52. The highest BCUT2D eigenvalue weighted by Crippen LogP contribution is 2.50. The van der Waals surface area contributed by atoms with Crippen LogP contribution in [0.5, 0.6) is 17.2 Å². The summed E-state index contributed by atoms with van der Waals surface area (Å²) in [6, 6.07) is 3.58. The van der Waals surface area contributed by atoms with Crippen molar-refractivity contribution in [1.82, 2.24) is 0 Å². The van der Waals surface area contributed by atoms with Gasteiger partial charge in [-0.25, -0.2) is 0 Å². The first kappa shape index (κ1) is 14.2. The second-order valence-electron chi connectivity index (χ2n) is 6.03. The van der Waals surface area contributed by atoms with E-state index in [9.17, 15) is 4.79 Å². The fourth-order valence-electron chi connectivity index (χ4n) is 4.06. The molecule has 2 saturated carbocycles. The van der Waals surface area contributed by atoms with Crippen LogP contribution in [0.4, 0.5) is 0 Å². The lowest BCUT2D eigenvalue weighted by molar-refractivity contribution is 0.0871. The van der Waals surface area contributed by atoms with Crippen molar-refractivity contribution in [3.8, 4) is 17.2 Å². The summed E-state index contributed by atoms with van der Waals surface area (Å²) in [5.41, 5.74) is 0.618. The molecule has 3 atom stereocenters. The Morgan fingerprint density at radius 2 is 1.76 bits per heavy atom. The number of ether oxygens (including phenoxy) is 3. The minimum absolute atomic E-state index is 0.149. The van der Waals surface area contributed by atoms with Gasteiger partial charge in [-0.15, -0.1) is 0 Å². The molecule has 2 fully saturated rings. The second kappa shape index (κ2) is 5.58. The average molecular weight is 290 g/mol. The molecule has 3 rings (SSSR count). The van der Waals surface area contributed by atoms with E-state index in [2.05, 4.69) is 0 Å². The van der Waals surface area contributed by atoms with E-state index in [0.29, 0.717) is 28.7 Å². The van der Waals surface area contributed by atoms with Crippen molar-refractivity contribution in [1.29, 1.82) is 0 Å². The van der Waals surface area contributed by atoms with E-state index in [-0.39, 0.29) is 11.7 Å². The van der Waals surface area contributed by atoms with Gasteiger partial charge in [0.05, 0.1) is 26.9 Å². The quantitative estimate of drug-likeness (QED) is 0.780. The summed E-state index contributed by atoms with van der Waals surface area (Å²) in [4.78, 5) is 12.9. The van der Waals surface area contributed by atoms with Crippen LogP contribution >= 0.6 is 0 Å². The van der Waals surface area contributed by atoms with Gasteiger partial charge in [0.2, 0.25) is 5.75 Å². The Labute approximate surface area is 125 Å². The van der Waals surface area contributed by atoms with Crippen molar-refractivity contribution in [3.05, 3.63) is 17.7 Å². The van der Waals surface area contributed by atoms with Crippen molar-refractivity contribution in [2.45, 2.75) is 25.7 Å². The molecule has 0 aliphatic heterocycles. The molecule has 2 aliphatic carbocycles. The third-order valence-electron chi connectivity index (χ3n) is 5.04. The molecule has 0 amide bonds. The van der Waals surface area contributed by atoms with Crippen LogP contribution in [-0.2, 0) is 0 Å². The SMILES string of the molecule is COc1ccc(C(=O)C2CC3CCC2C3)c(OC)c1OC. The van der Waals surface area contributed by atoms with Gasteiger partial charge in [-0.2, -0.15) is 0 Å². The number of benzene rings is 1. The van der Waals surface area contributed by atoms with Crippen molar-refractivity contribution in [2.24, 2.45) is 17.8 Å². The van der Waals surface area contributed by atoms with Crippen LogP contribution in [0.2, 0.25) is 0 Å². The van der Waals surface area contributed by atoms with Crippen LogP contribution in [0, 0.1) is 17.8 Å². The number of carbonyl (C=O) groups is 1. The molecule has 21 heavy (non-hydrogen) atoms. The molecule has 2 bridgehead atoms. The highest BCUT2D eigenvalue weighted by atomic mass is 16.5. The van der Waals surface area contributed by atoms with Crippen molar-refractivity contribution < 1.29 is 19.0 Å². The van der Waals surface area contributed by atoms with Gasteiger partial charge < -0.3 is 14.2 Å². The van der Waals surface area contributed by atoms with E-state index < -0.39 is 0 Å². The van der Waals surface area contributed by atoms with Crippen LogP contribution in [-0.4, -0.2) is 27.1 Å². The maximum Gasteiger partial charge on any atom is 0.204 e. The van der Waals surface area contributed by atoms with Gasteiger partial charge in [0.25, 0.3) is 0 Å². The third-order valence-corrected chi connectivity index (χ3v) is 5.04. The molecule has 3 unspecified atom stereocenters. The molecule has 0 aromatic heterocycles. The predicted molar refractivity (Wildman–Crippen MR) is 79.4 cm³/mol. The van der Waals surface area contributed by atoms with Crippen molar-refractivity contribution >= 4 is 5.78 Å². The van der Waals surface area contributed by atoms with E-state index in [1.54, 1.807) is 33.5 Å². The zero-order valence-electron chi connectivity index (χ0n) is 12.8. The standard InChI is InChI=1S/C17H22O4/c1-19-14-7-6-12(16(20-2)17(14)21-3)15(18)13-9-10-4-5-11(13)8-10/h6-7,10-11,13H,4-5,8-9H2,1-3H3. The number of carbonyl (C=O) groups excluding carboxylic acids is 1. The minimum atomic E-state index is 0.149. The lowest BCUT2D eigenvalue weighted by Gasteiger charge is -2.22. The summed E-state index contributed by atoms with van der Waals surface area (Å²) >= 11 is 0. The summed E-state index contributed by atoms with van der Waals surface area (Å²) < 4.78 is 16.1. The first-order chi connectivity index (χ1) is 10.2. The Morgan fingerprint density at radius 1 is 1.00 bits per heavy atom. The Bertz CT molecular complexity index is 552. The fourth-order valence-corrected chi connectivity index (χ4v) is 4.06. The highest BCUT2D eigenvalue weighted by Gasteiger charge is 2.44.